The highest BCUT2D eigenvalue weighted by molar-refractivity contribution is 7.10. The maximum Gasteiger partial charge on any atom is 0.225 e. The molecule has 5 nitrogen and oxygen atoms in total. The van der Waals surface area contributed by atoms with E-state index in [-0.39, 0.29) is 0 Å². The van der Waals surface area contributed by atoms with Crippen molar-refractivity contribution in [2.75, 3.05) is 25.1 Å². The van der Waals surface area contributed by atoms with Crippen LogP contribution in [0.5, 0.6) is 5.75 Å². The van der Waals surface area contributed by atoms with Gasteiger partial charge in [-0.15, -0.1) is 11.3 Å². The first-order valence-electron chi connectivity index (χ1n) is 8.88. The third kappa shape index (κ3) is 3.42. The molecule has 0 amide bonds. The highest BCUT2D eigenvalue weighted by atomic mass is 32.1. The van der Waals surface area contributed by atoms with Crippen LogP contribution in [-0.2, 0) is 0 Å². The zero-order valence-electron chi connectivity index (χ0n) is 15.1. The van der Waals surface area contributed by atoms with Crippen LogP contribution >= 0.6 is 11.3 Å². The Morgan fingerprint density at radius 3 is 2.69 bits per heavy atom. The van der Waals surface area contributed by atoms with E-state index in [0.717, 1.165) is 54.6 Å². The van der Waals surface area contributed by atoms with Gasteiger partial charge in [0.1, 0.15) is 5.75 Å². The van der Waals surface area contributed by atoms with E-state index >= 15 is 0 Å². The number of benzene rings is 1. The second kappa shape index (κ2) is 7.41. The first kappa shape index (κ1) is 17.0. The molecule has 6 heteroatoms. The van der Waals surface area contributed by atoms with E-state index < -0.39 is 0 Å². The van der Waals surface area contributed by atoms with Crippen LogP contribution in [0.25, 0.3) is 11.3 Å². The first-order valence-corrected chi connectivity index (χ1v) is 9.76. The van der Waals surface area contributed by atoms with Crippen LogP contribution in [0.4, 0.5) is 5.95 Å². The van der Waals surface area contributed by atoms with Gasteiger partial charge in [0.05, 0.1) is 17.8 Å². The summed E-state index contributed by atoms with van der Waals surface area (Å²) in [5.41, 5.74) is 3.08. The fourth-order valence-corrected chi connectivity index (χ4v) is 4.36. The summed E-state index contributed by atoms with van der Waals surface area (Å²) in [7, 11) is 1.70. The predicted molar refractivity (Wildman–Crippen MR) is 105 cm³/mol. The predicted octanol–water partition coefficient (Wildman–Crippen LogP) is 4.30. The number of hydrogen-bond acceptors (Lipinski definition) is 6. The SMILES string of the molecule is COc1ccccc1-c1csc(C2CCN(c3nccc(C)n3)CC2)n1. The lowest BCUT2D eigenvalue weighted by atomic mass is 9.98. The van der Waals surface area contributed by atoms with Crippen LogP contribution < -0.4 is 9.64 Å². The van der Waals surface area contributed by atoms with Crippen molar-refractivity contribution in [2.45, 2.75) is 25.7 Å². The fourth-order valence-electron chi connectivity index (χ4n) is 3.37. The number of thiazole rings is 1. The van der Waals surface area contributed by atoms with Crippen LogP contribution in [0.3, 0.4) is 0 Å². The summed E-state index contributed by atoms with van der Waals surface area (Å²) < 4.78 is 5.47. The molecule has 26 heavy (non-hydrogen) atoms. The monoisotopic (exact) mass is 366 g/mol. The summed E-state index contributed by atoms with van der Waals surface area (Å²) in [4.78, 5) is 16.1. The van der Waals surface area contributed by atoms with E-state index in [1.165, 1.54) is 5.01 Å². The van der Waals surface area contributed by atoms with Gasteiger partial charge in [-0.1, -0.05) is 12.1 Å². The Morgan fingerprint density at radius 1 is 1.12 bits per heavy atom. The van der Waals surface area contributed by atoms with E-state index in [1.54, 1.807) is 18.4 Å². The largest absolute Gasteiger partial charge is 0.496 e. The lowest BCUT2D eigenvalue weighted by Crippen LogP contribution is -2.34. The van der Waals surface area contributed by atoms with Gasteiger partial charge in [0.15, 0.2) is 0 Å². The fraction of sp³-hybridized carbons (Fsp3) is 0.350. The summed E-state index contributed by atoms with van der Waals surface area (Å²) in [6.45, 7) is 3.95. The van der Waals surface area contributed by atoms with Crippen LogP contribution in [0, 0.1) is 6.92 Å². The van der Waals surface area contributed by atoms with Gasteiger partial charge in [-0.2, -0.15) is 0 Å². The van der Waals surface area contributed by atoms with E-state index in [4.69, 9.17) is 9.72 Å². The molecule has 0 atom stereocenters. The van der Waals surface area contributed by atoms with Gasteiger partial charge < -0.3 is 9.64 Å². The zero-order chi connectivity index (χ0) is 17.9. The van der Waals surface area contributed by atoms with E-state index in [9.17, 15) is 0 Å². The number of hydrogen-bond donors (Lipinski definition) is 0. The van der Waals surface area contributed by atoms with Crippen molar-refractivity contribution in [1.29, 1.82) is 0 Å². The second-order valence-electron chi connectivity index (χ2n) is 6.53. The molecule has 1 aliphatic heterocycles. The Balaban J connectivity index is 1.46. The number of ether oxygens (including phenoxy) is 1. The highest BCUT2D eigenvalue weighted by Crippen LogP contribution is 2.36. The molecule has 0 N–H and O–H groups in total. The molecule has 0 aliphatic carbocycles. The van der Waals surface area contributed by atoms with Crippen molar-refractivity contribution in [3.05, 3.63) is 52.6 Å². The molecular weight excluding hydrogens is 344 g/mol. The maximum absolute atomic E-state index is 5.47. The number of nitrogens with zero attached hydrogens (tertiary/aromatic N) is 4. The molecule has 0 bridgehead atoms. The third-order valence-electron chi connectivity index (χ3n) is 4.81. The van der Waals surface area contributed by atoms with Crippen LogP contribution in [0.1, 0.15) is 29.5 Å². The molecule has 1 fully saturated rings. The van der Waals surface area contributed by atoms with E-state index in [1.807, 2.05) is 37.4 Å². The van der Waals surface area contributed by atoms with Crippen molar-refractivity contribution >= 4 is 17.3 Å². The maximum atomic E-state index is 5.47. The summed E-state index contributed by atoms with van der Waals surface area (Å²) in [6.07, 6.45) is 4.00. The molecule has 134 valence electrons. The van der Waals surface area contributed by atoms with Gasteiger partial charge in [0.25, 0.3) is 0 Å². The van der Waals surface area contributed by atoms with Gasteiger partial charge in [-0.25, -0.2) is 15.0 Å². The summed E-state index contributed by atoms with van der Waals surface area (Å²) >= 11 is 1.75. The van der Waals surface area contributed by atoms with Crippen molar-refractivity contribution in [1.82, 2.24) is 15.0 Å². The number of piperidine rings is 1. The molecule has 3 heterocycles. The minimum absolute atomic E-state index is 0.504. The topological polar surface area (TPSA) is 51.1 Å². The number of para-hydroxylation sites is 1. The molecule has 0 spiro atoms. The molecule has 0 radical (unpaired) electrons. The van der Waals surface area contributed by atoms with Gasteiger partial charge in [0.2, 0.25) is 5.95 Å². The molecule has 1 saturated heterocycles. The average Bonchev–Trinajstić information content (AvgIpc) is 3.18. The van der Waals surface area contributed by atoms with Gasteiger partial charge >= 0.3 is 0 Å². The van der Waals surface area contributed by atoms with Crippen LogP contribution in [0.15, 0.2) is 41.9 Å². The Hall–Kier alpha value is -2.47. The zero-order valence-corrected chi connectivity index (χ0v) is 15.9. The molecule has 3 aromatic rings. The van der Waals surface area contributed by atoms with Crippen LogP contribution in [0.2, 0.25) is 0 Å². The normalized spacial score (nSPS) is 15.2. The molecule has 0 unspecified atom stereocenters. The number of aryl methyl sites for hydroxylation is 1. The number of rotatable bonds is 4. The Labute approximate surface area is 157 Å². The quantitative estimate of drug-likeness (QED) is 0.689. The lowest BCUT2D eigenvalue weighted by Gasteiger charge is -2.31. The minimum Gasteiger partial charge on any atom is -0.496 e. The van der Waals surface area contributed by atoms with Crippen molar-refractivity contribution in [3.63, 3.8) is 0 Å². The van der Waals surface area contributed by atoms with Crippen molar-refractivity contribution < 1.29 is 4.74 Å². The van der Waals surface area contributed by atoms with E-state index in [2.05, 4.69) is 26.3 Å². The highest BCUT2D eigenvalue weighted by Gasteiger charge is 2.24. The number of aromatic nitrogens is 3. The first-order chi connectivity index (χ1) is 12.7. The minimum atomic E-state index is 0.504. The van der Waals surface area contributed by atoms with E-state index in [0.29, 0.717) is 5.92 Å². The van der Waals surface area contributed by atoms with Crippen molar-refractivity contribution in [2.24, 2.45) is 0 Å². The summed E-state index contributed by atoms with van der Waals surface area (Å²) in [5.74, 6) is 2.22. The second-order valence-corrected chi connectivity index (χ2v) is 7.42. The summed E-state index contributed by atoms with van der Waals surface area (Å²) in [6, 6.07) is 9.99. The van der Waals surface area contributed by atoms with Crippen LogP contribution in [-0.4, -0.2) is 35.2 Å². The molecular formula is C20H22N4OS. The Bertz CT molecular complexity index is 887. The average molecular weight is 366 g/mol. The standard InChI is InChI=1S/C20H22N4OS/c1-14-7-10-21-20(22-14)24-11-8-15(9-12-24)19-23-17(13-26-19)16-5-3-4-6-18(16)25-2/h3-7,10,13,15H,8-9,11-12H2,1-2H3. The molecule has 1 aromatic carbocycles. The Kier molecular flexibility index (Phi) is 4.84. The number of methoxy groups -OCH3 is 1. The molecule has 2 aromatic heterocycles. The molecule has 0 saturated carbocycles. The van der Waals surface area contributed by atoms with Gasteiger partial charge in [0, 0.05) is 41.8 Å². The number of anilines is 1. The lowest BCUT2D eigenvalue weighted by molar-refractivity contribution is 0.416. The Morgan fingerprint density at radius 2 is 1.92 bits per heavy atom. The molecule has 4 rings (SSSR count). The van der Waals surface area contributed by atoms with Gasteiger partial charge in [-0.05, 0) is 38.0 Å². The van der Waals surface area contributed by atoms with Crippen molar-refractivity contribution in [3.8, 4) is 17.0 Å². The summed E-state index contributed by atoms with van der Waals surface area (Å²) in [5, 5.41) is 3.36. The van der Waals surface area contributed by atoms with Gasteiger partial charge in [-0.3, -0.25) is 0 Å². The smallest absolute Gasteiger partial charge is 0.225 e. The molecule has 1 aliphatic rings. The third-order valence-corrected chi connectivity index (χ3v) is 5.82.